The van der Waals surface area contributed by atoms with E-state index in [0.29, 0.717) is 5.57 Å². The van der Waals surface area contributed by atoms with Crippen LogP contribution in [0.1, 0.15) is 34.4 Å². The van der Waals surface area contributed by atoms with E-state index in [4.69, 9.17) is 0 Å². The number of Topliss-reactive ketones (excluding diaryl/α,β-unsaturated/α-hetero) is 1. The number of aryl methyl sites for hydroxylation is 1. The van der Waals surface area contributed by atoms with Gasteiger partial charge in [-0.05, 0) is 42.0 Å². The second-order valence-corrected chi connectivity index (χ2v) is 9.10. The molecule has 3 aromatic carbocycles. The summed E-state index contributed by atoms with van der Waals surface area (Å²) >= 11 is 1.71. The van der Waals surface area contributed by atoms with E-state index < -0.39 is 5.41 Å². The van der Waals surface area contributed by atoms with Gasteiger partial charge in [0.15, 0.2) is 5.78 Å². The van der Waals surface area contributed by atoms with Gasteiger partial charge in [0.1, 0.15) is 11.2 Å². The van der Waals surface area contributed by atoms with Crippen LogP contribution >= 0.6 is 11.3 Å². The Balaban J connectivity index is 1.73. The van der Waals surface area contributed by atoms with Crippen LogP contribution in [0.4, 0.5) is 0 Å². The van der Waals surface area contributed by atoms with Crippen LogP contribution in [-0.4, -0.2) is 10.9 Å². The topological polar surface area (TPSA) is 37.3 Å². The first-order valence-electron chi connectivity index (χ1n) is 10.1. The predicted octanol–water partition coefficient (Wildman–Crippen LogP) is 6.69. The second kappa shape index (κ2) is 6.96. The summed E-state index contributed by atoms with van der Waals surface area (Å²) in [6, 6.07) is 27.9. The lowest BCUT2D eigenvalue weighted by molar-refractivity contribution is -0.123. The number of hydrogen-bond donors (Lipinski definition) is 1. The van der Waals surface area contributed by atoms with E-state index in [9.17, 15) is 9.90 Å². The fourth-order valence-corrected chi connectivity index (χ4v) is 5.91. The Morgan fingerprint density at radius 2 is 1.47 bits per heavy atom. The minimum absolute atomic E-state index is 0.00286. The number of thiophene rings is 1. The van der Waals surface area contributed by atoms with Crippen LogP contribution in [0.3, 0.4) is 0 Å². The highest BCUT2D eigenvalue weighted by molar-refractivity contribution is 7.19. The summed E-state index contributed by atoms with van der Waals surface area (Å²) in [5.74, 6) is -0.0887. The van der Waals surface area contributed by atoms with Crippen molar-refractivity contribution < 1.29 is 9.90 Å². The highest BCUT2D eigenvalue weighted by atomic mass is 32.1. The summed E-state index contributed by atoms with van der Waals surface area (Å²) in [5.41, 5.74) is 2.56. The van der Waals surface area contributed by atoms with Crippen LogP contribution in [0.15, 0.2) is 96.3 Å². The third-order valence-corrected chi connectivity index (χ3v) is 7.68. The van der Waals surface area contributed by atoms with Gasteiger partial charge in [-0.1, -0.05) is 78.9 Å². The molecule has 5 rings (SSSR count). The maximum absolute atomic E-state index is 13.6. The monoisotopic (exact) mass is 410 g/mol. The second-order valence-electron chi connectivity index (χ2n) is 8.01. The zero-order valence-corrected chi connectivity index (χ0v) is 17.7. The number of rotatable bonds is 4. The van der Waals surface area contributed by atoms with E-state index in [0.717, 1.165) is 16.0 Å². The Morgan fingerprint density at radius 1 is 0.867 bits per heavy atom. The number of carbonyl (C=O) groups is 1. The van der Waals surface area contributed by atoms with Crippen LogP contribution in [0.25, 0.3) is 10.1 Å². The number of aliphatic hydroxyl groups is 1. The van der Waals surface area contributed by atoms with E-state index >= 15 is 0 Å². The van der Waals surface area contributed by atoms with Crippen LogP contribution in [0.5, 0.6) is 0 Å². The molecular formula is C27H22O2S. The van der Waals surface area contributed by atoms with Crippen molar-refractivity contribution in [2.45, 2.75) is 25.2 Å². The Kier molecular flexibility index (Phi) is 4.37. The van der Waals surface area contributed by atoms with Crippen LogP contribution < -0.4 is 0 Å². The van der Waals surface area contributed by atoms with Gasteiger partial charge in [0, 0.05) is 15.2 Å². The van der Waals surface area contributed by atoms with Crippen LogP contribution in [0.2, 0.25) is 0 Å². The minimum atomic E-state index is -0.978. The minimum Gasteiger partial charge on any atom is -0.510 e. The van der Waals surface area contributed by atoms with E-state index in [1.165, 1.54) is 15.6 Å². The van der Waals surface area contributed by atoms with E-state index in [1.807, 2.05) is 79.7 Å². The number of allylic oxidation sites excluding steroid dienone is 2. The van der Waals surface area contributed by atoms with Crippen LogP contribution in [-0.2, 0) is 10.2 Å². The van der Waals surface area contributed by atoms with Crippen molar-refractivity contribution >= 4 is 27.2 Å². The Morgan fingerprint density at radius 3 is 2.10 bits per heavy atom. The van der Waals surface area contributed by atoms with Crippen molar-refractivity contribution in [3.8, 4) is 0 Å². The highest BCUT2D eigenvalue weighted by Crippen LogP contribution is 2.52. The largest absolute Gasteiger partial charge is 0.510 e. The third-order valence-electron chi connectivity index (χ3n) is 6.34. The number of hydrogen-bond acceptors (Lipinski definition) is 3. The van der Waals surface area contributed by atoms with Gasteiger partial charge in [-0.15, -0.1) is 11.3 Å². The van der Waals surface area contributed by atoms with Gasteiger partial charge in [-0.2, -0.15) is 0 Å². The number of ketones is 1. The summed E-state index contributed by atoms with van der Waals surface area (Å²) in [7, 11) is 0. The van der Waals surface area contributed by atoms with Crippen molar-refractivity contribution in [2.75, 3.05) is 0 Å². The van der Waals surface area contributed by atoms with Crippen molar-refractivity contribution in [1.29, 1.82) is 0 Å². The van der Waals surface area contributed by atoms with Crippen molar-refractivity contribution in [3.63, 3.8) is 0 Å². The summed E-state index contributed by atoms with van der Waals surface area (Å²) in [6.45, 7) is 3.94. The zero-order chi connectivity index (χ0) is 20.9. The number of carbonyl (C=O) groups excluding carboxylic acids is 1. The molecular weight excluding hydrogens is 388 g/mol. The molecule has 2 unspecified atom stereocenters. The summed E-state index contributed by atoms with van der Waals surface area (Å²) in [5, 5.41) is 12.5. The molecule has 0 fully saturated rings. The number of benzene rings is 3. The summed E-state index contributed by atoms with van der Waals surface area (Å²) < 4.78 is 1.20. The van der Waals surface area contributed by atoms with E-state index in [-0.39, 0.29) is 17.5 Å². The predicted molar refractivity (Wildman–Crippen MR) is 123 cm³/mol. The molecule has 4 aromatic rings. The molecule has 0 radical (unpaired) electrons. The molecule has 1 heterocycles. The first-order valence-corrected chi connectivity index (χ1v) is 10.9. The van der Waals surface area contributed by atoms with Gasteiger partial charge in [0.05, 0.1) is 5.92 Å². The Bertz CT molecular complexity index is 1280. The molecule has 3 heteroatoms. The molecule has 1 aliphatic carbocycles. The molecule has 0 spiro atoms. The van der Waals surface area contributed by atoms with E-state index in [1.54, 1.807) is 11.3 Å². The fraction of sp³-hybridized carbons (Fsp3) is 0.148. The summed E-state index contributed by atoms with van der Waals surface area (Å²) in [6.07, 6.45) is 0. The molecule has 0 bridgehead atoms. The third kappa shape index (κ3) is 2.59. The first-order chi connectivity index (χ1) is 14.5. The number of aliphatic hydroxyl groups excluding tert-OH is 1. The molecule has 0 saturated heterocycles. The molecule has 2 atom stereocenters. The van der Waals surface area contributed by atoms with Gasteiger partial charge in [-0.25, -0.2) is 0 Å². The van der Waals surface area contributed by atoms with Crippen molar-refractivity contribution in [3.05, 3.63) is 118 Å². The van der Waals surface area contributed by atoms with Crippen molar-refractivity contribution in [2.24, 2.45) is 0 Å². The lowest BCUT2D eigenvalue weighted by atomic mass is 9.60. The molecule has 1 aromatic heterocycles. The molecule has 148 valence electrons. The lowest BCUT2D eigenvalue weighted by Crippen LogP contribution is -2.47. The van der Waals surface area contributed by atoms with Gasteiger partial charge >= 0.3 is 0 Å². The van der Waals surface area contributed by atoms with Gasteiger partial charge in [-0.3, -0.25) is 4.79 Å². The van der Waals surface area contributed by atoms with Crippen molar-refractivity contribution in [1.82, 2.24) is 0 Å². The molecule has 30 heavy (non-hydrogen) atoms. The Labute approximate surface area is 180 Å². The van der Waals surface area contributed by atoms with Crippen LogP contribution in [0, 0.1) is 6.92 Å². The smallest absolute Gasteiger partial charge is 0.181 e. The molecule has 0 aliphatic heterocycles. The zero-order valence-electron chi connectivity index (χ0n) is 16.9. The summed E-state index contributed by atoms with van der Waals surface area (Å²) in [4.78, 5) is 14.7. The quantitative estimate of drug-likeness (QED) is 0.407. The fourth-order valence-electron chi connectivity index (χ4n) is 4.56. The SMILES string of the molecule is Cc1c(C(C2=C(O)C(C)(c3ccccc3)C2=O)c2ccccc2)sc2ccccc12. The molecule has 0 saturated carbocycles. The Hall–Kier alpha value is -3.17. The highest BCUT2D eigenvalue weighted by Gasteiger charge is 2.54. The molecule has 1 aliphatic rings. The molecule has 2 nitrogen and oxygen atoms in total. The molecule has 1 N–H and O–H groups in total. The van der Waals surface area contributed by atoms with Gasteiger partial charge < -0.3 is 5.11 Å². The normalized spacial score (nSPS) is 19.7. The first kappa shape index (κ1) is 18.8. The number of fused-ring (bicyclic) bond motifs is 1. The molecule has 0 amide bonds. The lowest BCUT2D eigenvalue weighted by Gasteiger charge is -2.41. The van der Waals surface area contributed by atoms with Gasteiger partial charge in [0.2, 0.25) is 0 Å². The maximum atomic E-state index is 13.6. The van der Waals surface area contributed by atoms with Gasteiger partial charge in [0.25, 0.3) is 0 Å². The maximum Gasteiger partial charge on any atom is 0.181 e. The standard InChI is InChI=1S/C27H22O2S/c1-17-20-15-9-10-16-21(20)30-24(17)22(18-11-5-3-6-12-18)23-25(28)27(2,26(23)29)19-13-7-4-8-14-19/h3-16,22,28H,1-2H3. The average molecular weight is 411 g/mol. The van der Waals surface area contributed by atoms with E-state index in [2.05, 4.69) is 19.1 Å². The average Bonchev–Trinajstić information content (AvgIpc) is 3.13.